The largest absolute Gasteiger partial charge is 0.486 e. The van der Waals surface area contributed by atoms with E-state index in [0.717, 1.165) is 16.5 Å². The van der Waals surface area contributed by atoms with Gasteiger partial charge >= 0.3 is 11.6 Å². The normalized spacial score (nSPS) is 12.6. The minimum atomic E-state index is -0.517. The predicted molar refractivity (Wildman–Crippen MR) is 113 cm³/mol. The molecule has 4 rings (SSSR count). The number of carbonyl (C=O) groups is 2. The molecule has 1 aliphatic heterocycles. The molecule has 1 aromatic heterocycles. The zero-order chi connectivity index (χ0) is 22.0. The standard InChI is InChI=1S/C24H22O7/c1-14-3-5-18-17(12-23(27)31-24(18)15(14)2)13-30-22(26)8-6-19(25)16-4-7-20-21(11-16)29-10-9-28-20/h3-5,7,11-12H,6,8-10,13H2,1-2H3. The van der Waals surface area contributed by atoms with E-state index in [1.54, 1.807) is 18.2 Å². The number of esters is 1. The van der Waals surface area contributed by atoms with Gasteiger partial charge in [0.1, 0.15) is 25.4 Å². The van der Waals surface area contributed by atoms with Crippen molar-refractivity contribution in [2.45, 2.75) is 33.3 Å². The molecule has 3 aromatic rings. The smallest absolute Gasteiger partial charge is 0.336 e. The van der Waals surface area contributed by atoms with Gasteiger partial charge in [-0.2, -0.15) is 0 Å². The van der Waals surface area contributed by atoms with Crippen molar-refractivity contribution in [3.63, 3.8) is 0 Å². The second-order valence-electron chi connectivity index (χ2n) is 7.42. The Bertz CT molecular complexity index is 1220. The topological polar surface area (TPSA) is 92.0 Å². The Labute approximate surface area is 178 Å². The summed E-state index contributed by atoms with van der Waals surface area (Å²) in [5.41, 5.74) is 2.89. The Morgan fingerprint density at radius 3 is 2.55 bits per heavy atom. The van der Waals surface area contributed by atoms with Crippen LogP contribution in [0.15, 0.2) is 45.6 Å². The van der Waals surface area contributed by atoms with E-state index in [0.29, 0.717) is 41.4 Å². The maximum atomic E-state index is 12.4. The summed E-state index contributed by atoms with van der Waals surface area (Å²) in [6.07, 6.45) is -0.0563. The van der Waals surface area contributed by atoms with Gasteiger partial charge in [0.05, 0.1) is 6.42 Å². The van der Waals surface area contributed by atoms with Crippen molar-refractivity contribution in [2.24, 2.45) is 0 Å². The first kappa shape index (κ1) is 20.7. The highest BCUT2D eigenvalue weighted by molar-refractivity contribution is 5.98. The number of ketones is 1. The molecule has 2 aromatic carbocycles. The van der Waals surface area contributed by atoms with Crippen molar-refractivity contribution in [3.05, 3.63) is 69.1 Å². The molecule has 0 unspecified atom stereocenters. The van der Waals surface area contributed by atoms with Crippen LogP contribution in [0.3, 0.4) is 0 Å². The summed E-state index contributed by atoms with van der Waals surface area (Å²) >= 11 is 0. The molecule has 7 heteroatoms. The van der Waals surface area contributed by atoms with E-state index < -0.39 is 11.6 Å². The fourth-order valence-electron chi connectivity index (χ4n) is 3.45. The molecule has 160 valence electrons. The third-order valence-electron chi connectivity index (χ3n) is 5.33. The zero-order valence-electron chi connectivity index (χ0n) is 17.4. The lowest BCUT2D eigenvalue weighted by Crippen LogP contribution is -2.16. The van der Waals surface area contributed by atoms with E-state index in [2.05, 4.69) is 0 Å². The van der Waals surface area contributed by atoms with E-state index >= 15 is 0 Å². The van der Waals surface area contributed by atoms with Crippen LogP contribution in [0.4, 0.5) is 0 Å². The zero-order valence-corrected chi connectivity index (χ0v) is 17.4. The summed E-state index contributed by atoms with van der Waals surface area (Å²) in [4.78, 5) is 36.6. The van der Waals surface area contributed by atoms with Crippen LogP contribution in [0.1, 0.15) is 39.9 Å². The van der Waals surface area contributed by atoms with Gasteiger partial charge in [0, 0.05) is 29.0 Å². The first-order valence-electron chi connectivity index (χ1n) is 10.0. The molecule has 0 atom stereocenters. The number of Topliss-reactive ketones (excluding diaryl/α,β-unsaturated/α-hetero) is 1. The molecule has 31 heavy (non-hydrogen) atoms. The van der Waals surface area contributed by atoms with Crippen LogP contribution < -0.4 is 15.1 Å². The summed E-state index contributed by atoms with van der Waals surface area (Å²) in [5.74, 6) is 0.425. The van der Waals surface area contributed by atoms with Crippen LogP contribution in [0.25, 0.3) is 11.0 Å². The molecule has 0 aliphatic carbocycles. The number of aryl methyl sites for hydroxylation is 2. The van der Waals surface area contributed by atoms with E-state index in [1.165, 1.54) is 6.07 Å². The van der Waals surface area contributed by atoms with E-state index in [1.807, 2.05) is 26.0 Å². The van der Waals surface area contributed by atoms with E-state index in [4.69, 9.17) is 18.6 Å². The number of fused-ring (bicyclic) bond motifs is 2. The van der Waals surface area contributed by atoms with Gasteiger partial charge in [0.15, 0.2) is 17.3 Å². The molecule has 0 spiro atoms. The highest BCUT2D eigenvalue weighted by Crippen LogP contribution is 2.31. The number of carbonyl (C=O) groups excluding carboxylic acids is 2. The molecule has 0 amide bonds. The first-order chi connectivity index (χ1) is 14.9. The summed E-state index contributed by atoms with van der Waals surface area (Å²) in [6.45, 7) is 4.65. The van der Waals surface area contributed by atoms with Crippen LogP contribution in [-0.4, -0.2) is 25.0 Å². The number of hydrogen-bond donors (Lipinski definition) is 0. The van der Waals surface area contributed by atoms with Crippen LogP contribution in [0, 0.1) is 13.8 Å². The van der Waals surface area contributed by atoms with Gasteiger partial charge in [-0.3, -0.25) is 9.59 Å². The molecule has 0 fully saturated rings. The SMILES string of the molecule is Cc1ccc2c(COC(=O)CCC(=O)c3ccc4c(c3)OCCO4)cc(=O)oc2c1C. The van der Waals surface area contributed by atoms with Crippen molar-refractivity contribution in [2.75, 3.05) is 13.2 Å². The summed E-state index contributed by atoms with van der Waals surface area (Å²) in [5, 5.41) is 0.725. The Morgan fingerprint density at radius 2 is 1.74 bits per heavy atom. The Kier molecular flexibility index (Phi) is 5.75. The molecule has 7 nitrogen and oxygen atoms in total. The van der Waals surface area contributed by atoms with Crippen LogP contribution in [0.5, 0.6) is 11.5 Å². The fourth-order valence-corrected chi connectivity index (χ4v) is 3.45. The fraction of sp³-hybridized carbons (Fsp3) is 0.292. The molecule has 0 N–H and O–H groups in total. The highest BCUT2D eigenvalue weighted by atomic mass is 16.6. The Balaban J connectivity index is 1.38. The van der Waals surface area contributed by atoms with Crippen molar-refractivity contribution in [1.82, 2.24) is 0 Å². The summed E-state index contributed by atoms with van der Waals surface area (Å²) < 4.78 is 21.6. The molecule has 2 heterocycles. The maximum Gasteiger partial charge on any atom is 0.336 e. The van der Waals surface area contributed by atoms with Crippen molar-refractivity contribution < 1.29 is 28.2 Å². The lowest BCUT2D eigenvalue weighted by atomic mass is 10.0. The Hall–Kier alpha value is -3.61. The van der Waals surface area contributed by atoms with Gasteiger partial charge in [0.2, 0.25) is 0 Å². The van der Waals surface area contributed by atoms with Gasteiger partial charge in [-0.15, -0.1) is 0 Å². The number of rotatable bonds is 6. The molecule has 0 radical (unpaired) electrons. The average Bonchev–Trinajstić information content (AvgIpc) is 2.78. The minimum absolute atomic E-state index is 0.00839. The quantitative estimate of drug-likeness (QED) is 0.338. The molecule has 0 bridgehead atoms. The Morgan fingerprint density at radius 1 is 0.968 bits per heavy atom. The predicted octanol–water partition coefficient (Wildman–Crippen LogP) is 3.89. The van der Waals surface area contributed by atoms with Gasteiger partial charge in [-0.1, -0.05) is 12.1 Å². The van der Waals surface area contributed by atoms with Gasteiger partial charge in [0.25, 0.3) is 0 Å². The molecule has 1 aliphatic rings. The first-order valence-corrected chi connectivity index (χ1v) is 10.0. The number of ether oxygens (including phenoxy) is 3. The van der Waals surface area contributed by atoms with Crippen molar-refractivity contribution >= 4 is 22.7 Å². The van der Waals surface area contributed by atoms with Crippen LogP contribution >= 0.6 is 0 Å². The number of benzene rings is 2. The minimum Gasteiger partial charge on any atom is -0.486 e. The van der Waals surface area contributed by atoms with Crippen LogP contribution in [0.2, 0.25) is 0 Å². The highest BCUT2D eigenvalue weighted by Gasteiger charge is 2.17. The second-order valence-corrected chi connectivity index (χ2v) is 7.42. The van der Waals surface area contributed by atoms with Crippen molar-refractivity contribution in [1.29, 1.82) is 0 Å². The lowest BCUT2D eigenvalue weighted by molar-refractivity contribution is -0.144. The maximum absolute atomic E-state index is 12.4. The van der Waals surface area contributed by atoms with Gasteiger partial charge in [-0.05, 0) is 43.2 Å². The third-order valence-corrected chi connectivity index (χ3v) is 5.33. The second kappa shape index (κ2) is 8.63. The van der Waals surface area contributed by atoms with E-state index in [-0.39, 0.29) is 25.2 Å². The molecular formula is C24H22O7. The summed E-state index contributed by atoms with van der Waals surface area (Å²) in [6, 6.07) is 10.1. The number of hydrogen-bond acceptors (Lipinski definition) is 7. The third kappa shape index (κ3) is 4.45. The molecule has 0 saturated heterocycles. The van der Waals surface area contributed by atoms with E-state index in [9.17, 15) is 14.4 Å². The van der Waals surface area contributed by atoms with Crippen LogP contribution in [-0.2, 0) is 16.1 Å². The molecular weight excluding hydrogens is 400 g/mol. The lowest BCUT2D eigenvalue weighted by Gasteiger charge is -2.18. The summed E-state index contributed by atoms with van der Waals surface area (Å²) in [7, 11) is 0. The van der Waals surface area contributed by atoms with Gasteiger partial charge < -0.3 is 18.6 Å². The monoisotopic (exact) mass is 422 g/mol. The van der Waals surface area contributed by atoms with Gasteiger partial charge in [-0.25, -0.2) is 4.79 Å². The van der Waals surface area contributed by atoms with Crippen molar-refractivity contribution in [3.8, 4) is 11.5 Å². The average molecular weight is 422 g/mol. The molecule has 0 saturated carbocycles.